The third-order valence-corrected chi connectivity index (χ3v) is 8.76. The highest BCUT2D eigenvalue weighted by Gasteiger charge is 2.47. The summed E-state index contributed by atoms with van der Waals surface area (Å²) in [6, 6.07) is 4.13. The zero-order valence-electron chi connectivity index (χ0n) is 24.8. The van der Waals surface area contributed by atoms with Crippen LogP contribution in [0.2, 0.25) is 0 Å². The van der Waals surface area contributed by atoms with Crippen molar-refractivity contribution >= 4 is 45.5 Å². The maximum Gasteiger partial charge on any atom is 0.350 e. The van der Waals surface area contributed by atoms with E-state index in [0.29, 0.717) is 57.5 Å². The number of ether oxygens (including phenoxy) is 3. The van der Waals surface area contributed by atoms with Crippen molar-refractivity contribution in [2.24, 2.45) is 5.92 Å². The van der Waals surface area contributed by atoms with Crippen LogP contribution in [0.1, 0.15) is 81.5 Å². The molecule has 0 spiro atoms. The average Bonchev–Trinajstić information content (AvgIpc) is 3.56. The largest absolute Gasteiger partial charge is 0.503 e. The van der Waals surface area contributed by atoms with Gasteiger partial charge in [0.25, 0.3) is 5.91 Å². The molecule has 224 valence electrons. The molecule has 2 aromatic heterocycles. The number of carbonyl (C=O) groups is 3. The minimum atomic E-state index is -1.06. The van der Waals surface area contributed by atoms with Crippen LogP contribution in [-0.2, 0) is 9.53 Å². The number of ketones is 1. The number of thiazole rings is 2. The summed E-state index contributed by atoms with van der Waals surface area (Å²) in [5, 5.41) is 12.0. The number of esters is 1. The minimum absolute atomic E-state index is 0.104. The highest BCUT2D eigenvalue weighted by Crippen LogP contribution is 2.46. The summed E-state index contributed by atoms with van der Waals surface area (Å²) >= 11 is 2.16. The Morgan fingerprint density at radius 2 is 1.71 bits per heavy atom. The normalized spacial score (nSPS) is 15.1. The summed E-state index contributed by atoms with van der Waals surface area (Å²) in [6.45, 7) is 13.9. The summed E-state index contributed by atoms with van der Waals surface area (Å²) in [5.41, 5.74) is 1.27. The fourth-order valence-electron chi connectivity index (χ4n) is 4.57. The molecule has 0 bridgehead atoms. The van der Waals surface area contributed by atoms with Crippen molar-refractivity contribution in [3.05, 3.63) is 61.2 Å². The highest BCUT2D eigenvalue weighted by atomic mass is 32.1. The summed E-state index contributed by atoms with van der Waals surface area (Å²) in [4.78, 5) is 50.9. The van der Waals surface area contributed by atoms with E-state index < -0.39 is 29.5 Å². The van der Waals surface area contributed by atoms with Crippen molar-refractivity contribution < 1.29 is 33.7 Å². The first-order chi connectivity index (χ1) is 20.0. The van der Waals surface area contributed by atoms with Crippen molar-refractivity contribution in [2.45, 2.75) is 60.9 Å². The first-order valence-corrected chi connectivity index (χ1v) is 15.4. The molecule has 0 radical (unpaired) electrons. The number of hydrogen-bond donors (Lipinski definition) is 1. The Balaban J connectivity index is 1.86. The molecule has 0 aliphatic carbocycles. The average molecular weight is 614 g/mol. The van der Waals surface area contributed by atoms with Crippen LogP contribution in [0.3, 0.4) is 0 Å². The first kappa shape index (κ1) is 31.2. The molecule has 4 rings (SSSR count). The van der Waals surface area contributed by atoms with Crippen LogP contribution in [0, 0.1) is 26.7 Å². The Bertz CT molecular complexity index is 1540. The second kappa shape index (κ2) is 13.0. The predicted octanol–water partition coefficient (Wildman–Crippen LogP) is 6.31. The lowest BCUT2D eigenvalue weighted by molar-refractivity contribution is -0.117. The Hall–Kier alpha value is -3.77. The molecule has 1 N–H and O–H groups in total. The SMILES string of the molecule is CCOC(=O)c1sc(N2C(=O)C(O)=C(C(=O)c3sc(C)nc3C)C2c2ccc(OCCC(C)C)c(OCC)c2)nc1C. The van der Waals surface area contributed by atoms with E-state index in [4.69, 9.17) is 14.2 Å². The van der Waals surface area contributed by atoms with Crippen molar-refractivity contribution in [1.82, 2.24) is 9.97 Å². The Morgan fingerprint density at radius 3 is 2.33 bits per heavy atom. The van der Waals surface area contributed by atoms with Crippen LogP contribution in [0.15, 0.2) is 29.5 Å². The number of aromatic nitrogens is 2. The minimum Gasteiger partial charge on any atom is -0.503 e. The third-order valence-electron chi connectivity index (χ3n) is 6.55. The summed E-state index contributed by atoms with van der Waals surface area (Å²) in [7, 11) is 0. The van der Waals surface area contributed by atoms with Gasteiger partial charge in [-0.05, 0) is 64.7 Å². The number of carbonyl (C=O) groups excluding carboxylic acids is 3. The van der Waals surface area contributed by atoms with E-state index in [0.717, 1.165) is 17.8 Å². The van der Waals surface area contributed by atoms with E-state index in [1.165, 1.54) is 16.2 Å². The fourth-order valence-corrected chi connectivity index (χ4v) is 6.43. The van der Waals surface area contributed by atoms with Crippen molar-refractivity contribution in [3.63, 3.8) is 0 Å². The number of anilines is 1. The highest BCUT2D eigenvalue weighted by molar-refractivity contribution is 7.17. The maximum atomic E-state index is 14.0. The lowest BCUT2D eigenvalue weighted by Gasteiger charge is -2.25. The van der Waals surface area contributed by atoms with E-state index in [1.54, 1.807) is 45.9 Å². The van der Waals surface area contributed by atoms with E-state index in [9.17, 15) is 19.5 Å². The van der Waals surface area contributed by atoms with Crippen LogP contribution in [0.25, 0.3) is 0 Å². The van der Waals surface area contributed by atoms with Crippen LogP contribution >= 0.6 is 22.7 Å². The number of nitrogens with zero attached hydrogens (tertiary/aromatic N) is 3. The molecule has 0 fully saturated rings. The third kappa shape index (κ3) is 6.19. The van der Waals surface area contributed by atoms with Gasteiger partial charge in [-0.2, -0.15) is 0 Å². The molecular weight excluding hydrogens is 578 g/mol. The topological polar surface area (TPSA) is 128 Å². The standard InChI is InChI=1S/C30H35N3O7S2/c1-8-38-21-14-19(10-11-20(21)40-13-12-15(3)4)23-22(24(34)26-16(5)31-18(7)41-26)25(35)28(36)33(23)30-32-17(6)27(42-30)29(37)39-9-2/h10-11,14-15,23,35H,8-9,12-13H2,1-7H3. The number of amides is 1. The number of aryl methyl sites for hydroxylation is 3. The molecule has 3 aromatic rings. The van der Waals surface area contributed by atoms with Gasteiger partial charge in [-0.25, -0.2) is 14.8 Å². The molecule has 1 aromatic carbocycles. The molecule has 0 saturated carbocycles. The summed E-state index contributed by atoms with van der Waals surface area (Å²) in [6.07, 6.45) is 0.854. The molecule has 1 atom stereocenters. The predicted molar refractivity (Wildman–Crippen MR) is 161 cm³/mol. The van der Waals surface area contributed by atoms with E-state index in [-0.39, 0.29) is 22.2 Å². The molecule has 3 heterocycles. The van der Waals surface area contributed by atoms with Crippen LogP contribution < -0.4 is 14.4 Å². The number of aliphatic hydroxyl groups is 1. The first-order valence-electron chi connectivity index (χ1n) is 13.8. The van der Waals surface area contributed by atoms with Gasteiger partial charge in [0.2, 0.25) is 5.78 Å². The van der Waals surface area contributed by atoms with Gasteiger partial charge in [-0.15, -0.1) is 11.3 Å². The number of benzene rings is 1. The van der Waals surface area contributed by atoms with Gasteiger partial charge in [-0.3, -0.25) is 14.5 Å². The quantitative estimate of drug-likeness (QED) is 0.185. The monoisotopic (exact) mass is 613 g/mol. The van der Waals surface area contributed by atoms with Crippen molar-refractivity contribution in [3.8, 4) is 11.5 Å². The molecule has 0 saturated heterocycles. The van der Waals surface area contributed by atoms with E-state index in [2.05, 4.69) is 23.8 Å². The van der Waals surface area contributed by atoms with Crippen molar-refractivity contribution in [1.29, 1.82) is 0 Å². The van der Waals surface area contributed by atoms with Gasteiger partial charge in [-0.1, -0.05) is 31.3 Å². The summed E-state index contributed by atoms with van der Waals surface area (Å²) < 4.78 is 17.1. The number of Topliss-reactive ketones (excluding diaryl/α,β-unsaturated/α-hetero) is 1. The maximum absolute atomic E-state index is 14.0. The van der Waals surface area contributed by atoms with Gasteiger partial charge in [0, 0.05) is 0 Å². The molecule has 10 nitrogen and oxygen atoms in total. The Labute approximate surface area is 253 Å². The molecule has 12 heteroatoms. The zero-order chi connectivity index (χ0) is 30.7. The summed E-state index contributed by atoms with van der Waals surface area (Å²) in [5.74, 6) is -1.13. The van der Waals surface area contributed by atoms with E-state index in [1.807, 2.05) is 6.92 Å². The Kier molecular flexibility index (Phi) is 9.67. The van der Waals surface area contributed by atoms with Crippen molar-refractivity contribution in [2.75, 3.05) is 24.7 Å². The number of aliphatic hydroxyl groups excluding tert-OH is 1. The van der Waals surface area contributed by atoms with Crippen LogP contribution in [-0.4, -0.2) is 52.6 Å². The molecule has 1 aliphatic rings. The number of rotatable bonds is 12. The Morgan fingerprint density at radius 1 is 1.00 bits per heavy atom. The molecule has 1 amide bonds. The lowest BCUT2D eigenvalue weighted by atomic mass is 9.95. The van der Waals surface area contributed by atoms with Gasteiger partial charge < -0.3 is 19.3 Å². The van der Waals surface area contributed by atoms with Gasteiger partial charge >= 0.3 is 5.97 Å². The smallest absolute Gasteiger partial charge is 0.350 e. The number of hydrogen-bond acceptors (Lipinski definition) is 11. The van der Waals surface area contributed by atoms with E-state index >= 15 is 0 Å². The molecule has 1 unspecified atom stereocenters. The molecule has 1 aliphatic heterocycles. The van der Waals surface area contributed by atoms with Crippen LogP contribution in [0.4, 0.5) is 5.13 Å². The molecular formula is C30H35N3O7S2. The lowest BCUT2D eigenvalue weighted by Crippen LogP contribution is -2.31. The van der Waals surface area contributed by atoms with Gasteiger partial charge in [0.15, 0.2) is 22.4 Å². The van der Waals surface area contributed by atoms with Gasteiger partial charge in [0.05, 0.1) is 52.7 Å². The van der Waals surface area contributed by atoms with Gasteiger partial charge in [0.1, 0.15) is 4.88 Å². The second-order valence-corrected chi connectivity index (χ2v) is 12.3. The van der Waals surface area contributed by atoms with Crippen LogP contribution in [0.5, 0.6) is 11.5 Å². The second-order valence-electron chi connectivity index (χ2n) is 10.1. The zero-order valence-corrected chi connectivity index (χ0v) is 26.4. The molecule has 42 heavy (non-hydrogen) atoms. The fraction of sp³-hybridized carbons (Fsp3) is 0.433.